The molecular weight excluding hydrogens is 290 g/mol. The number of hydrogen-bond acceptors (Lipinski definition) is 5. The molecule has 0 aliphatic carbocycles. The number of rotatable bonds is 5. The lowest BCUT2D eigenvalue weighted by Crippen LogP contribution is -2.46. The Hall–Kier alpha value is -0.660. The van der Waals surface area contributed by atoms with E-state index in [0.29, 0.717) is 25.4 Å². The van der Waals surface area contributed by atoms with E-state index in [4.69, 9.17) is 5.73 Å². The van der Waals surface area contributed by atoms with E-state index in [-0.39, 0.29) is 29.5 Å². The number of sulfone groups is 1. The molecule has 3 atom stereocenters. The molecule has 0 saturated carbocycles. The van der Waals surface area contributed by atoms with Crippen LogP contribution in [0.5, 0.6) is 0 Å². The van der Waals surface area contributed by atoms with Crippen LogP contribution in [0.3, 0.4) is 0 Å². The fourth-order valence-corrected chi connectivity index (χ4v) is 5.11. The summed E-state index contributed by atoms with van der Waals surface area (Å²) in [5, 5.41) is 0. The highest BCUT2D eigenvalue weighted by Crippen LogP contribution is 2.21. The summed E-state index contributed by atoms with van der Waals surface area (Å²) in [6, 6.07) is 0.0201. The normalized spacial score (nSPS) is 30.4. The molecule has 2 heterocycles. The molecule has 0 bridgehead atoms. The molecular formula is C14H27N3O3S. The van der Waals surface area contributed by atoms with Crippen molar-refractivity contribution in [3.05, 3.63) is 0 Å². The van der Waals surface area contributed by atoms with E-state index < -0.39 is 9.84 Å². The van der Waals surface area contributed by atoms with Crippen molar-refractivity contribution in [1.29, 1.82) is 0 Å². The van der Waals surface area contributed by atoms with E-state index in [0.717, 1.165) is 19.5 Å². The Kier molecular flexibility index (Phi) is 5.27. The highest BCUT2D eigenvalue weighted by atomic mass is 32.2. The van der Waals surface area contributed by atoms with Crippen LogP contribution >= 0.6 is 0 Å². The summed E-state index contributed by atoms with van der Waals surface area (Å²) in [6.45, 7) is 6.65. The summed E-state index contributed by atoms with van der Waals surface area (Å²) >= 11 is 0. The van der Waals surface area contributed by atoms with Crippen LogP contribution in [0.1, 0.15) is 26.7 Å². The minimum absolute atomic E-state index is 0.0462. The van der Waals surface area contributed by atoms with E-state index >= 15 is 0 Å². The number of carbonyl (C=O) groups is 1. The summed E-state index contributed by atoms with van der Waals surface area (Å²) in [5.41, 5.74) is 5.92. The zero-order chi connectivity index (χ0) is 15.6. The average Bonchev–Trinajstić information content (AvgIpc) is 2.97. The first-order valence-corrected chi connectivity index (χ1v) is 9.62. The van der Waals surface area contributed by atoms with Crippen LogP contribution in [0.25, 0.3) is 0 Å². The fraction of sp³-hybridized carbons (Fsp3) is 0.929. The second kappa shape index (κ2) is 6.62. The van der Waals surface area contributed by atoms with Crippen molar-refractivity contribution in [3.8, 4) is 0 Å². The molecule has 6 nitrogen and oxygen atoms in total. The largest absolute Gasteiger partial charge is 0.338 e. The van der Waals surface area contributed by atoms with Gasteiger partial charge in [0.2, 0.25) is 5.91 Å². The highest BCUT2D eigenvalue weighted by molar-refractivity contribution is 7.91. The molecule has 122 valence electrons. The number of amides is 1. The van der Waals surface area contributed by atoms with Crippen molar-refractivity contribution in [2.75, 3.05) is 37.7 Å². The molecule has 2 aliphatic rings. The van der Waals surface area contributed by atoms with Crippen molar-refractivity contribution < 1.29 is 13.2 Å². The Morgan fingerprint density at radius 3 is 2.62 bits per heavy atom. The highest BCUT2D eigenvalue weighted by Gasteiger charge is 2.35. The third kappa shape index (κ3) is 4.17. The lowest BCUT2D eigenvalue weighted by Gasteiger charge is -2.29. The molecule has 0 radical (unpaired) electrons. The number of likely N-dealkylation sites (N-methyl/N-ethyl adjacent to an activating group) is 1. The minimum atomic E-state index is -2.96. The van der Waals surface area contributed by atoms with Gasteiger partial charge in [0.25, 0.3) is 0 Å². The molecule has 0 aromatic heterocycles. The molecule has 2 fully saturated rings. The lowest BCUT2D eigenvalue weighted by atomic mass is 10.0. The second-order valence-electron chi connectivity index (χ2n) is 6.38. The van der Waals surface area contributed by atoms with Gasteiger partial charge < -0.3 is 10.6 Å². The topological polar surface area (TPSA) is 83.7 Å². The molecule has 1 amide bonds. The standard InChI is InChI=1S/C14H27N3O3S/c1-3-17(13-5-7-21(19,20)10-13)14(18)9-16-6-4-12(8-16)11(2)15/h11-13H,3-10,15H2,1-2H3. The number of carbonyl (C=O) groups excluding carboxylic acids is 1. The van der Waals surface area contributed by atoms with Crippen molar-refractivity contribution >= 4 is 15.7 Å². The van der Waals surface area contributed by atoms with Crippen molar-refractivity contribution in [3.63, 3.8) is 0 Å². The predicted molar refractivity (Wildman–Crippen MR) is 82.6 cm³/mol. The first kappa shape index (κ1) is 16.7. The van der Waals surface area contributed by atoms with Gasteiger partial charge in [-0.2, -0.15) is 0 Å². The molecule has 21 heavy (non-hydrogen) atoms. The van der Waals surface area contributed by atoms with Gasteiger partial charge in [-0.1, -0.05) is 0 Å². The molecule has 0 aromatic rings. The summed E-state index contributed by atoms with van der Waals surface area (Å²) < 4.78 is 23.2. The van der Waals surface area contributed by atoms with Gasteiger partial charge in [-0.25, -0.2) is 8.42 Å². The van der Waals surface area contributed by atoms with Gasteiger partial charge in [0.05, 0.1) is 18.1 Å². The molecule has 2 rings (SSSR count). The molecule has 7 heteroatoms. The van der Waals surface area contributed by atoms with E-state index in [1.165, 1.54) is 0 Å². The molecule has 2 N–H and O–H groups in total. The van der Waals surface area contributed by atoms with Gasteiger partial charge in [0, 0.05) is 25.2 Å². The summed E-state index contributed by atoms with van der Waals surface area (Å²) in [5.74, 6) is 0.831. The van der Waals surface area contributed by atoms with Crippen LogP contribution in [0.15, 0.2) is 0 Å². The predicted octanol–water partition coefficient (Wildman–Crippen LogP) is -0.309. The zero-order valence-electron chi connectivity index (χ0n) is 13.0. The van der Waals surface area contributed by atoms with Gasteiger partial charge in [-0.3, -0.25) is 9.69 Å². The molecule has 0 aromatic carbocycles. The van der Waals surface area contributed by atoms with Crippen molar-refractivity contribution in [1.82, 2.24) is 9.80 Å². The van der Waals surface area contributed by atoms with Crippen LogP contribution in [0, 0.1) is 5.92 Å². The van der Waals surface area contributed by atoms with E-state index in [9.17, 15) is 13.2 Å². The third-order valence-corrected chi connectivity index (χ3v) is 6.47. The average molecular weight is 317 g/mol. The van der Waals surface area contributed by atoms with E-state index in [2.05, 4.69) is 4.90 Å². The number of nitrogens with zero attached hydrogens (tertiary/aromatic N) is 2. The van der Waals surface area contributed by atoms with Gasteiger partial charge in [-0.05, 0) is 39.2 Å². The number of likely N-dealkylation sites (tertiary alicyclic amines) is 1. The van der Waals surface area contributed by atoms with Gasteiger partial charge in [0.15, 0.2) is 9.84 Å². The monoisotopic (exact) mass is 317 g/mol. The maximum absolute atomic E-state index is 12.5. The van der Waals surface area contributed by atoms with Gasteiger partial charge >= 0.3 is 0 Å². The molecule has 2 saturated heterocycles. The van der Waals surface area contributed by atoms with Crippen LogP contribution in [-0.4, -0.2) is 73.9 Å². The van der Waals surface area contributed by atoms with Crippen LogP contribution in [0.4, 0.5) is 0 Å². The van der Waals surface area contributed by atoms with Crippen molar-refractivity contribution in [2.24, 2.45) is 11.7 Å². The van der Waals surface area contributed by atoms with Crippen molar-refractivity contribution in [2.45, 2.75) is 38.8 Å². The van der Waals surface area contributed by atoms with Crippen LogP contribution in [0.2, 0.25) is 0 Å². The van der Waals surface area contributed by atoms with Crippen LogP contribution in [-0.2, 0) is 14.6 Å². The van der Waals surface area contributed by atoms with E-state index in [1.54, 1.807) is 4.90 Å². The zero-order valence-corrected chi connectivity index (χ0v) is 13.8. The summed E-state index contributed by atoms with van der Waals surface area (Å²) in [6.07, 6.45) is 1.61. The first-order valence-electron chi connectivity index (χ1n) is 7.80. The first-order chi connectivity index (χ1) is 9.82. The molecule has 0 spiro atoms. The summed E-state index contributed by atoms with van der Waals surface area (Å²) in [7, 11) is -2.96. The second-order valence-corrected chi connectivity index (χ2v) is 8.61. The SMILES string of the molecule is CCN(C(=O)CN1CCC(C(C)N)C1)C1CCS(=O)(=O)C1. The number of nitrogens with two attached hydrogens (primary N) is 1. The summed E-state index contributed by atoms with van der Waals surface area (Å²) in [4.78, 5) is 16.3. The Labute approximate surface area is 127 Å². The van der Waals surface area contributed by atoms with E-state index in [1.807, 2.05) is 13.8 Å². The molecule has 3 unspecified atom stereocenters. The maximum Gasteiger partial charge on any atom is 0.237 e. The van der Waals surface area contributed by atoms with Crippen LogP contribution < -0.4 is 5.73 Å². The van der Waals surface area contributed by atoms with Gasteiger partial charge in [-0.15, -0.1) is 0 Å². The third-order valence-electron chi connectivity index (χ3n) is 4.72. The smallest absolute Gasteiger partial charge is 0.237 e. The number of hydrogen-bond donors (Lipinski definition) is 1. The maximum atomic E-state index is 12.5. The Morgan fingerprint density at radius 1 is 1.43 bits per heavy atom. The Balaban J connectivity index is 1.90. The Morgan fingerprint density at radius 2 is 2.14 bits per heavy atom. The fourth-order valence-electron chi connectivity index (χ4n) is 3.38. The minimum Gasteiger partial charge on any atom is -0.338 e. The lowest BCUT2D eigenvalue weighted by molar-refractivity contribution is -0.133. The quantitative estimate of drug-likeness (QED) is 0.752. The molecule has 2 aliphatic heterocycles. The van der Waals surface area contributed by atoms with Gasteiger partial charge in [0.1, 0.15) is 0 Å². The Bertz CT molecular complexity index is 478.